The van der Waals surface area contributed by atoms with Crippen LogP contribution in [-0.4, -0.2) is 18.6 Å². The monoisotopic (exact) mass is 423 g/mol. The molecule has 160 valence electrons. The van der Waals surface area contributed by atoms with Gasteiger partial charge in [-0.2, -0.15) is 39.5 Å². The summed E-state index contributed by atoms with van der Waals surface area (Å²) in [5, 5.41) is 1.98. The van der Waals surface area contributed by atoms with Gasteiger partial charge in [0.15, 0.2) is 0 Å². The van der Waals surface area contributed by atoms with Crippen molar-refractivity contribution in [2.75, 3.05) is 6.54 Å². The fraction of sp³-hybridized carbons (Fsp3) is 0.588. The fourth-order valence-electron chi connectivity index (χ4n) is 2.75. The van der Waals surface area contributed by atoms with Crippen LogP contribution in [0.25, 0.3) is 0 Å². The third-order valence-electron chi connectivity index (χ3n) is 4.53. The first-order chi connectivity index (χ1) is 12.6. The Morgan fingerprint density at radius 2 is 1.25 bits per heavy atom. The predicted molar refractivity (Wildman–Crippen MR) is 82.2 cm³/mol. The first-order valence-corrected chi connectivity index (χ1v) is 8.22. The lowest BCUT2D eigenvalue weighted by Crippen LogP contribution is -2.50. The van der Waals surface area contributed by atoms with Gasteiger partial charge in [-0.25, -0.2) is 0 Å². The Hall–Kier alpha value is -1.94. The van der Waals surface area contributed by atoms with Crippen molar-refractivity contribution in [3.05, 3.63) is 34.9 Å². The van der Waals surface area contributed by atoms with Crippen molar-refractivity contribution in [3.63, 3.8) is 0 Å². The molecule has 0 aliphatic carbocycles. The van der Waals surface area contributed by atoms with E-state index in [9.17, 15) is 44.3 Å². The molecule has 0 radical (unpaired) electrons. The molecule has 0 bridgehead atoms. The Labute approximate surface area is 155 Å². The van der Waals surface area contributed by atoms with Gasteiger partial charge in [-0.15, -0.1) is 0 Å². The highest BCUT2D eigenvalue weighted by Gasteiger charge is 2.57. The smallest absolute Gasteiger partial charge is 0.355 e. The number of benzene rings is 1. The molecular weight excluding hydrogens is 405 g/mol. The van der Waals surface area contributed by atoms with Gasteiger partial charge in [-0.1, -0.05) is 13.8 Å². The Morgan fingerprint density at radius 1 is 0.821 bits per heavy atom. The van der Waals surface area contributed by atoms with E-state index in [0.717, 1.165) is 0 Å². The van der Waals surface area contributed by atoms with Crippen molar-refractivity contribution < 1.29 is 44.3 Å². The van der Waals surface area contributed by atoms with Crippen molar-refractivity contribution in [1.29, 1.82) is 0 Å². The Morgan fingerprint density at radius 3 is 1.57 bits per heavy atom. The minimum Gasteiger partial charge on any atom is -0.355 e. The van der Waals surface area contributed by atoms with Crippen LogP contribution < -0.4 is 5.32 Å². The average molecular weight is 423 g/mol. The predicted octanol–water partition coefficient (Wildman–Crippen LogP) is 5.75. The van der Waals surface area contributed by atoms with Crippen molar-refractivity contribution in [3.8, 4) is 0 Å². The van der Waals surface area contributed by atoms with Crippen LogP contribution >= 0.6 is 0 Å². The van der Waals surface area contributed by atoms with Crippen LogP contribution in [0.2, 0.25) is 0 Å². The van der Waals surface area contributed by atoms with E-state index >= 15 is 0 Å². The highest BCUT2D eigenvalue weighted by Crippen LogP contribution is 2.44. The summed E-state index contributed by atoms with van der Waals surface area (Å²) >= 11 is 0. The van der Waals surface area contributed by atoms with Crippen molar-refractivity contribution in [2.24, 2.45) is 5.41 Å². The first-order valence-electron chi connectivity index (χ1n) is 8.22. The van der Waals surface area contributed by atoms with E-state index in [-0.39, 0.29) is 6.07 Å². The van der Waals surface area contributed by atoms with Crippen LogP contribution in [0.4, 0.5) is 39.5 Å². The number of rotatable bonds is 6. The molecule has 0 aromatic heterocycles. The number of nitrogens with one attached hydrogen (secondary N) is 1. The van der Waals surface area contributed by atoms with Gasteiger partial charge in [0.2, 0.25) is 5.91 Å². The van der Waals surface area contributed by atoms with Crippen LogP contribution in [0, 0.1) is 5.41 Å². The van der Waals surface area contributed by atoms with Crippen LogP contribution in [0.3, 0.4) is 0 Å². The largest absolute Gasteiger partial charge is 0.416 e. The minimum atomic E-state index is -5.03. The van der Waals surface area contributed by atoms with Crippen LogP contribution in [0.5, 0.6) is 0 Å². The van der Waals surface area contributed by atoms with E-state index in [0.29, 0.717) is 12.1 Å². The quantitative estimate of drug-likeness (QED) is 0.580. The molecule has 1 amide bonds. The molecule has 1 aromatic rings. The summed E-state index contributed by atoms with van der Waals surface area (Å²) < 4.78 is 117. The summed E-state index contributed by atoms with van der Waals surface area (Å²) in [5.74, 6) is -1.37. The molecule has 28 heavy (non-hydrogen) atoms. The molecule has 0 fully saturated rings. The number of hydrogen-bond acceptors (Lipinski definition) is 1. The Bertz CT molecular complexity index is 653. The zero-order chi connectivity index (χ0) is 22.0. The molecule has 1 N–H and O–H groups in total. The Balaban J connectivity index is 3.03. The van der Waals surface area contributed by atoms with E-state index in [1.807, 2.05) is 5.32 Å². The summed E-state index contributed by atoms with van der Waals surface area (Å²) in [6, 6.07) is 0.890. The van der Waals surface area contributed by atoms with E-state index in [1.165, 1.54) is 13.8 Å². The molecule has 1 aromatic carbocycles. The summed E-state index contributed by atoms with van der Waals surface area (Å²) in [7, 11) is 0. The molecule has 0 aliphatic rings. The van der Waals surface area contributed by atoms with Gasteiger partial charge < -0.3 is 5.32 Å². The van der Waals surface area contributed by atoms with Crippen molar-refractivity contribution in [2.45, 2.75) is 51.6 Å². The highest BCUT2D eigenvalue weighted by molar-refractivity contribution is 5.83. The maximum absolute atomic E-state index is 13.2. The number of hydrogen-bond donors (Lipinski definition) is 1. The standard InChI is InChI=1S/C17H18F9NO/c1-3-14(4-2,17(24,25)26)13(28)27-6-5-10-7-11(15(18,19)20)9-12(8-10)16(21,22)23/h7-9H,3-6H2,1-2H3,(H,27,28). The number of carbonyl (C=O) groups excluding carboxylic acids is 1. The van der Waals surface area contributed by atoms with E-state index in [2.05, 4.69) is 0 Å². The molecule has 0 spiro atoms. The lowest BCUT2D eigenvalue weighted by Gasteiger charge is -2.32. The zero-order valence-corrected chi connectivity index (χ0v) is 14.9. The topological polar surface area (TPSA) is 29.1 Å². The second-order valence-corrected chi connectivity index (χ2v) is 6.21. The van der Waals surface area contributed by atoms with Crippen LogP contribution in [-0.2, 0) is 23.6 Å². The molecule has 1 rings (SSSR count). The van der Waals surface area contributed by atoms with Gasteiger partial charge in [0.25, 0.3) is 0 Å². The van der Waals surface area contributed by atoms with Gasteiger partial charge in [0.05, 0.1) is 11.1 Å². The molecular formula is C17H18F9NO. The van der Waals surface area contributed by atoms with Crippen molar-refractivity contribution in [1.82, 2.24) is 5.32 Å². The van der Waals surface area contributed by atoms with Gasteiger partial charge >= 0.3 is 18.5 Å². The van der Waals surface area contributed by atoms with E-state index < -0.39 is 72.3 Å². The lowest BCUT2D eigenvalue weighted by atomic mass is 9.80. The van der Waals surface area contributed by atoms with Gasteiger partial charge in [-0.05, 0) is 43.0 Å². The second kappa shape index (κ2) is 8.20. The molecule has 0 heterocycles. The van der Waals surface area contributed by atoms with Gasteiger partial charge in [-0.3, -0.25) is 4.79 Å². The minimum absolute atomic E-state index is 0.0507. The number of carbonyl (C=O) groups is 1. The molecule has 0 saturated carbocycles. The second-order valence-electron chi connectivity index (χ2n) is 6.21. The molecule has 2 nitrogen and oxygen atoms in total. The molecule has 0 unspecified atom stereocenters. The highest BCUT2D eigenvalue weighted by atomic mass is 19.4. The summed E-state index contributed by atoms with van der Waals surface area (Å²) in [6.45, 7) is 1.78. The summed E-state index contributed by atoms with van der Waals surface area (Å²) in [5.41, 5.74) is -6.14. The first kappa shape index (κ1) is 24.1. The average Bonchev–Trinajstić information content (AvgIpc) is 2.53. The third kappa shape index (κ3) is 5.32. The molecule has 0 saturated heterocycles. The van der Waals surface area contributed by atoms with E-state index in [1.54, 1.807) is 0 Å². The summed E-state index contributed by atoms with van der Waals surface area (Å²) in [4.78, 5) is 12.0. The molecule has 11 heteroatoms. The lowest BCUT2D eigenvalue weighted by molar-refractivity contribution is -0.224. The normalized spacial score (nSPS) is 13.5. The van der Waals surface area contributed by atoms with Gasteiger partial charge in [0.1, 0.15) is 5.41 Å². The van der Waals surface area contributed by atoms with Crippen molar-refractivity contribution >= 4 is 5.91 Å². The van der Waals surface area contributed by atoms with Gasteiger partial charge in [0, 0.05) is 6.54 Å². The fourth-order valence-corrected chi connectivity index (χ4v) is 2.75. The SMILES string of the molecule is CCC(CC)(C(=O)NCCc1cc(C(F)(F)F)cc(C(F)(F)F)c1)C(F)(F)F. The maximum atomic E-state index is 13.2. The molecule has 0 aliphatic heterocycles. The third-order valence-corrected chi connectivity index (χ3v) is 4.53. The number of alkyl halides is 9. The Kier molecular flexibility index (Phi) is 7.06. The van der Waals surface area contributed by atoms with E-state index in [4.69, 9.17) is 0 Å². The molecule has 0 atom stereocenters. The maximum Gasteiger partial charge on any atom is 0.416 e. The number of amides is 1. The summed E-state index contributed by atoms with van der Waals surface area (Å²) in [6.07, 6.45) is -16.5. The van der Waals surface area contributed by atoms with Crippen LogP contribution in [0.1, 0.15) is 43.4 Å². The van der Waals surface area contributed by atoms with Crippen LogP contribution in [0.15, 0.2) is 18.2 Å². The number of halogens is 9. The zero-order valence-electron chi connectivity index (χ0n) is 14.9.